The number of halogens is 2. The van der Waals surface area contributed by atoms with Crippen LogP contribution in [-0.4, -0.2) is 12.2 Å². The van der Waals surface area contributed by atoms with Crippen LogP contribution in [0.25, 0.3) is 0 Å². The molecule has 0 N–H and O–H groups in total. The molecule has 0 aromatic heterocycles. The van der Waals surface area contributed by atoms with Crippen molar-refractivity contribution >= 4 is 5.78 Å². The molecule has 0 aromatic rings. The first kappa shape index (κ1) is 10.0. The third kappa shape index (κ3) is 2.62. The van der Waals surface area contributed by atoms with Gasteiger partial charge in [-0.1, -0.05) is 0 Å². The molecule has 0 fully saturated rings. The molecule has 0 spiro atoms. The van der Waals surface area contributed by atoms with E-state index in [0.29, 0.717) is 0 Å². The Morgan fingerprint density at radius 3 is 2.27 bits per heavy atom. The molecule has 1 atom stereocenters. The minimum absolute atomic E-state index is 0.514. The number of rotatable bonds is 3. The smallest absolute Gasteiger partial charge is 0.240 e. The van der Waals surface area contributed by atoms with Gasteiger partial charge in [-0.2, -0.15) is 5.26 Å². The Balaban J connectivity index is 4.39. The molecular weight excluding hydrogens is 152 g/mol. The summed E-state index contributed by atoms with van der Waals surface area (Å²) in [6, 6.07) is 1.58. The van der Waals surface area contributed by atoms with Gasteiger partial charge in [0, 0.05) is 6.42 Å². The maximum atomic E-state index is 11.8. The Labute approximate surface area is 63.8 Å². The second-order valence-corrected chi connectivity index (χ2v) is 2.60. The fourth-order valence-corrected chi connectivity index (χ4v) is 0.577. The highest BCUT2D eigenvalue weighted by atomic mass is 19.3. The van der Waals surface area contributed by atoms with Crippen molar-refractivity contribution in [2.75, 3.05) is 0 Å². The van der Waals surface area contributed by atoms with Gasteiger partial charge in [-0.25, -0.2) is 8.78 Å². The molecule has 4 heteroatoms. The molecule has 0 radical (unpaired) electrons. The van der Waals surface area contributed by atoms with Crippen molar-refractivity contribution in [3.05, 3.63) is 0 Å². The van der Waals surface area contributed by atoms with Crippen LogP contribution in [0.4, 0.5) is 8.78 Å². The summed E-state index contributed by atoms with van der Waals surface area (Å²) in [5.41, 5.74) is -1.52. The van der Waals surface area contributed by atoms with Gasteiger partial charge in [0.1, 0.15) is 11.2 Å². The van der Waals surface area contributed by atoms with E-state index < -0.39 is 24.0 Å². The Hall–Kier alpha value is -0.980. The third-order valence-corrected chi connectivity index (χ3v) is 1.59. The van der Waals surface area contributed by atoms with Crippen LogP contribution < -0.4 is 0 Å². The summed E-state index contributed by atoms with van der Waals surface area (Å²) in [7, 11) is 0. The Bertz CT molecular complexity index is 197. The number of nitrogens with zero attached hydrogens (tertiary/aromatic N) is 1. The largest absolute Gasteiger partial charge is 0.298 e. The van der Waals surface area contributed by atoms with Crippen molar-refractivity contribution in [1.29, 1.82) is 5.26 Å². The van der Waals surface area contributed by atoms with E-state index in [4.69, 9.17) is 5.26 Å². The van der Waals surface area contributed by atoms with E-state index in [2.05, 4.69) is 0 Å². The van der Waals surface area contributed by atoms with Crippen LogP contribution in [0.5, 0.6) is 0 Å². The van der Waals surface area contributed by atoms with E-state index in [1.165, 1.54) is 6.92 Å². The first-order chi connectivity index (χ1) is 4.92. The molecule has 2 nitrogen and oxygen atoms in total. The lowest BCUT2D eigenvalue weighted by Crippen LogP contribution is -2.26. The number of nitriles is 1. The molecule has 0 amide bonds. The van der Waals surface area contributed by atoms with E-state index in [0.717, 1.165) is 6.92 Å². The minimum Gasteiger partial charge on any atom is -0.298 e. The van der Waals surface area contributed by atoms with Gasteiger partial charge < -0.3 is 0 Å². The fourth-order valence-electron chi connectivity index (χ4n) is 0.577. The summed E-state index contributed by atoms with van der Waals surface area (Å²) >= 11 is 0. The molecule has 0 aliphatic heterocycles. The number of hydrogen-bond acceptors (Lipinski definition) is 2. The molecule has 0 heterocycles. The molecule has 0 rings (SSSR count). The van der Waals surface area contributed by atoms with Crippen molar-refractivity contribution in [3.63, 3.8) is 0 Å². The lowest BCUT2D eigenvalue weighted by molar-refractivity contribution is -0.124. The van der Waals surface area contributed by atoms with E-state index in [1.807, 2.05) is 0 Å². The molecule has 0 saturated carbocycles. The van der Waals surface area contributed by atoms with Gasteiger partial charge in [-0.3, -0.25) is 4.79 Å². The van der Waals surface area contributed by atoms with Gasteiger partial charge >= 0.3 is 0 Å². The highest BCUT2D eigenvalue weighted by Crippen LogP contribution is 2.25. The maximum absolute atomic E-state index is 11.8. The Morgan fingerprint density at radius 1 is 1.73 bits per heavy atom. The first-order valence-electron chi connectivity index (χ1n) is 3.13. The molecular formula is C7H9F2NO. The number of carbonyl (C=O) groups excluding carboxylic acids is 1. The van der Waals surface area contributed by atoms with Crippen molar-refractivity contribution < 1.29 is 13.6 Å². The first-order valence-corrected chi connectivity index (χ1v) is 3.13. The second-order valence-electron chi connectivity index (χ2n) is 2.60. The average Bonchev–Trinajstić information content (AvgIpc) is 1.86. The van der Waals surface area contributed by atoms with Crippen LogP contribution in [0.2, 0.25) is 0 Å². The van der Waals surface area contributed by atoms with Gasteiger partial charge in [-0.15, -0.1) is 0 Å². The zero-order valence-corrected chi connectivity index (χ0v) is 6.40. The number of alkyl halides is 2. The van der Waals surface area contributed by atoms with Gasteiger partial charge in [0.15, 0.2) is 0 Å². The van der Waals surface area contributed by atoms with Crippen molar-refractivity contribution in [3.8, 4) is 6.07 Å². The number of carbonyl (C=O) groups is 1. The minimum atomic E-state index is -2.61. The summed E-state index contributed by atoms with van der Waals surface area (Å²) in [5.74, 6) is -0.514. The van der Waals surface area contributed by atoms with Crippen LogP contribution in [-0.2, 0) is 4.79 Å². The van der Waals surface area contributed by atoms with Gasteiger partial charge in [-0.05, 0) is 13.8 Å². The van der Waals surface area contributed by atoms with E-state index in [9.17, 15) is 13.6 Å². The zero-order valence-electron chi connectivity index (χ0n) is 6.40. The van der Waals surface area contributed by atoms with Crippen molar-refractivity contribution in [1.82, 2.24) is 0 Å². The number of ketones is 1. The highest BCUT2D eigenvalue weighted by Gasteiger charge is 2.33. The number of Topliss-reactive ketones (excluding diaryl/α,β-unsaturated/α-hetero) is 1. The van der Waals surface area contributed by atoms with Crippen LogP contribution >= 0.6 is 0 Å². The fraction of sp³-hybridized carbons (Fsp3) is 0.714. The van der Waals surface area contributed by atoms with E-state index in [-0.39, 0.29) is 0 Å². The van der Waals surface area contributed by atoms with Gasteiger partial charge in [0.25, 0.3) is 0 Å². The maximum Gasteiger partial charge on any atom is 0.240 e. The summed E-state index contributed by atoms with van der Waals surface area (Å²) in [6.45, 7) is 2.37. The Morgan fingerprint density at radius 2 is 2.18 bits per heavy atom. The molecule has 0 saturated heterocycles. The topological polar surface area (TPSA) is 40.9 Å². The van der Waals surface area contributed by atoms with Crippen molar-refractivity contribution in [2.24, 2.45) is 5.41 Å². The Kier molecular flexibility index (Phi) is 3.12. The average molecular weight is 161 g/mol. The SMILES string of the molecule is CC(=O)C(C)(C#N)CC(F)F. The van der Waals surface area contributed by atoms with E-state index in [1.54, 1.807) is 6.07 Å². The molecule has 62 valence electrons. The summed E-state index contributed by atoms with van der Waals surface area (Å²) in [6.07, 6.45) is -3.29. The quantitative estimate of drug-likeness (QED) is 0.632. The predicted molar refractivity (Wildman–Crippen MR) is 35.0 cm³/mol. The normalized spacial score (nSPS) is 15.6. The second kappa shape index (κ2) is 3.42. The molecule has 0 aliphatic rings. The lowest BCUT2D eigenvalue weighted by atomic mass is 9.85. The standard InChI is InChI=1S/C7H9F2NO/c1-5(11)7(2,4-10)3-6(8)9/h6H,3H2,1-2H3. The molecule has 11 heavy (non-hydrogen) atoms. The van der Waals surface area contributed by atoms with Gasteiger partial charge in [0.05, 0.1) is 6.07 Å². The lowest BCUT2D eigenvalue weighted by Gasteiger charge is -2.16. The van der Waals surface area contributed by atoms with Crippen molar-refractivity contribution in [2.45, 2.75) is 26.7 Å². The summed E-state index contributed by atoms with van der Waals surface area (Å²) in [4.78, 5) is 10.7. The van der Waals surface area contributed by atoms with Gasteiger partial charge in [0.2, 0.25) is 6.43 Å². The molecule has 1 unspecified atom stereocenters. The number of hydrogen-bond donors (Lipinski definition) is 0. The summed E-state index contributed by atoms with van der Waals surface area (Å²) < 4.78 is 23.5. The third-order valence-electron chi connectivity index (χ3n) is 1.59. The molecule has 0 bridgehead atoms. The summed E-state index contributed by atoms with van der Waals surface area (Å²) in [5, 5.41) is 8.40. The highest BCUT2D eigenvalue weighted by molar-refractivity contribution is 5.84. The predicted octanol–water partition coefficient (Wildman–Crippen LogP) is 1.76. The molecule has 0 aliphatic carbocycles. The van der Waals surface area contributed by atoms with E-state index >= 15 is 0 Å². The van der Waals surface area contributed by atoms with Crippen LogP contribution in [0.1, 0.15) is 20.3 Å². The zero-order chi connectivity index (χ0) is 9.07. The molecule has 0 aromatic carbocycles. The van der Waals surface area contributed by atoms with Crippen LogP contribution in [0, 0.1) is 16.7 Å². The van der Waals surface area contributed by atoms with Crippen LogP contribution in [0.3, 0.4) is 0 Å². The monoisotopic (exact) mass is 161 g/mol. The van der Waals surface area contributed by atoms with Crippen LogP contribution in [0.15, 0.2) is 0 Å².